The van der Waals surface area contributed by atoms with Gasteiger partial charge in [-0.2, -0.15) is 8.78 Å². The molecule has 0 aromatic carbocycles. The summed E-state index contributed by atoms with van der Waals surface area (Å²) in [5.41, 5.74) is 0. The Bertz CT molecular complexity index is 158. The smallest absolute Gasteiger partial charge is 0.300 e. The molecule has 0 amide bonds. The number of carbonyl (C=O) groups excluding carboxylic acids is 2. The average molecular weight is 166 g/mol. The van der Waals surface area contributed by atoms with Crippen LogP contribution in [-0.4, -0.2) is 17.5 Å². The Kier molecular flexibility index (Phi) is 4.85. The second-order valence-electron chi connectivity index (χ2n) is 2.19. The molecule has 0 bridgehead atoms. The molecule has 0 heterocycles. The fraction of sp³-hybridized carbons (Fsp3) is 0.714. The van der Waals surface area contributed by atoms with Gasteiger partial charge in [0.05, 0.1) is 6.42 Å². The molecule has 0 aliphatic heterocycles. The molecule has 0 rings (SSSR count). The fourth-order valence-corrected chi connectivity index (χ4v) is 0.381. The first-order valence-electron chi connectivity index (χ1n) is 2.74. The maximum absolute atomic E-state index is 12.0. The van der Waals surface area contributed by atoms with Gasteiger partial charge in [-0.15, -0.1) is 0 Å². The van der Waals surface area contributed by atoms with E-state index in [2.05, 4.69) is 0 Å². The molecule has 0 spiro atoms. The zero-order chi connectivity index (χ0) is 8.36. The molecule has 0 aromatic heterocycles. The second kappa shape index (κ2) is 4.16. The summed E-state index contributed by atoms with van der Waals surface area (Å²) in [6.45, 7) is 1.59. The van der Waals surface area contributed by atoms with Crippen LogP contribution >= 0.6 is 0 Å². The van der Waals surface area contributed by atoms with Gasteiger partial charge in [-0.25, -0.2) is 0 Å². The highest BCUT2D eigenvalue weighted by Gasteiger charge is 2.32. The number of hydrogen-bond acceptors (Lipinski definition) is 2. The van der Waals surface area contributed by atoms with Gasteiger partial charge in [-0.1, -0.05) is 7.43 Å². The molecule has 66 valence electrons. The van der Waals surface area contributed by atoms with E-state index < -0.39 is 23.9 Å². The van der Waals surface area contributed by atoms with E-state index in [4.69, 9.17) is 0 Å². The van der Waals surface area contributed by atoms with Crippen LogP contribution in [-0.2, 0) is 9.59 Å². The lowest BCUT2D eigenvalue weighted by atomic mass is 10.1. The van der Waals surface area contributed by atoms with Crippen molar-refractivity contribution in [2.75, 3.05) is 0 Å². The van der Waals surface area contributed by atoms with Crippen molar-refractivity contribution in [2.24, 2.45) is 0 Å². The van der Waals surface area contributed by atoms with Crippen LogP contribution in [0.4, 0.5) is 8.78 Å². The number of Topliss-reactive ketones (excluding diaryl/α,β-unsaturated/α-hetero) is 2. The number of alkyl halides is 2. The normalized spacial score (nSPS) is 10.2. The Morgan fingerprint density at radius 1 is 1.36 bits per heavy atom. The molecule has 2 nitrogen and oxygen atoms in total. The molecule has 0 aliphatic carbocycles. The first kappa shape index (κ1) is 12.8. The standard InChI is InChI=1S/C6H8F2O2.CH4/c1-4(9)3-5(10)6(2,7)8;/h3H2,1-2H3;1H4. The van der Waals surface area contributed by atoms with Gasteiger partial charge in [-0.05, 0) is 6.92 Å². The summed E-state index contributed by atoms with van der Waals surface area (Å²) in [5.74, 6) is -5.22. The maximum atomic E-state index is 12.0. The highest BCUT2D eigenvalue weighted by molar-refractivity contribution is 6.01. The van der Waals surface area contributed by atoms with Crippen LogP contribution in [0.5, 0.6) is 0 Å². The van der Waals surface area contributed by atoms with Crippen LogP contribution in [0.15, 0.2) is 0 Å². The van der Waals surface area contributed by atoms with Crippen molar-refractivity contribution in [1.82, 2.24) is 0 Å². The van der Waals surface area contributed by atoms with Crippen molar-refractivity contribution in [3.8, 4) is 0 Å². The summed E-state index contributed by atoms with van der Waals surface area (Å²) < 4.78 is 23.9. The molecule has 0 unspecified atom stereocenters. The lowest BCUT2D eigenvalue weighted by Crippen LogP contribution is -2.25. The second-order valence-corrected chi connectivity index (χ2v) is 2.19. The largest absolute Gasteiger partial charge is 0.302 e. The van der Waals surface area contributed by atoms with Crippen molar-refractivity contribution in [3.05, 3.63) is 0 Å². The Morgan fingerprint density at radius 2 is 1.73 bits per heavy atom. The van der Waals surface area contributed by atoms with Crippen LogP contribution in [0.2, 0.25) is 0 Å². The van der Waals surface area contributed by atoms with Crippen molar-refractivity contribution in [3.63, 3.8) is 0 Å². The van der Waals surface area contributed by atoms with Crippen LogP contribution in [0, 0.1) is 0 Å². The topological polar surface area (TPSA) is 34.1 Å². The third-order valence-electron chi connectivity index (χ3n) is 0.899. The zero-order valence-electron chi connectivity index (χ0n) is 5.78. The quantitative estimate of drug-likeness (QED) is 0.599. The monoisotopic (exact) mass is 166 g/mol. The van der Waals surface area contributed by atoms with Gasteiger partial charge in [0.15, 0.2) is 0 Å². The molecule has 0 N–H and O–H groups in total. The minimum atomic E-state index is -3.37. The van der Waals surface area contributed by atoms with E-state index in [9.17, 15) is 18.4 Å². The van der Waals surface area contributed by atoms with Gasteiger partial charge in [0.2, 0.25) is 5.78 Å². The fourth-order valence-electron chi connectivity index (χ4n) is 0.381. The highest BCUT2D eigenvalue weighted by atomic mass is 19.3. The first-order valence-corrected chi connectivity index (χ1v) is 2.74. The molecule has 4 heteroatoms. The van der Waals surface area contributed by atoms with Crippen molar-refractivity contribution in [1.29, 1.82) is 0 Å². The van der Waals surface area contributed by atoms with Crippen molar-refractivity contribution in [2.45, 2.75) is 33.6 Å². The van der Waals surface area contributed by atoms with E-state index in [-0.39, 0.29) is 7.43 Å². The molecule has 0 radical (unpaired) electrons. The van der Waals surface area contributed by atoms with E-state index in [1.807, 2.05) is 0 Å². The zero-order valence-corrected chi connectivity index (χ0v) is 5.78. The summed E-state index contributed by atoms with van der Waals surface area (Å²) in [6.07, 6.45) is -0.677. The summed E-state index contributed by atoms with van der Waals surface area (Å²) >= 11 is 0. The van der Waals surface area contributed by atoms with Crippen molar-refractivity contribution < 1.29 is 18.4 Å². The van der Waals surface area contributed by atoms with Crippen LogP contribution in [0.25, 0.3) is 0 Å². The number of halogens is 2. The molecule has 0 aliphatic rings. The van der Waals surface area contributed by atoms with E-state index >= 15 is 0 Å². The van der Waals surface area contributed by atoms with Crippen molar-refractivity contribution >= 4 is 11.6 Å². The van der Waals surface area contributed by atoms with Gasteiger partial charge in [0, 0.05) is 6.92 Å². The SMILES string of the molecule is C.CC(=O)CC(=O)C(C)(F)F. The van der Waals surface area contributed by atoms with Crippen LogP contribution < -0.4 is 0 Å². The van der Waals surface area contributed by atoms with Gasteiger partial charge < -0.3 is 0 Å². The first-order chi connectivity index (χ1) is 4.34. The van der Waals surface area contributed by atoms with Crippen LogP contribution in [0.1, 0.15) is 27.7 Å². The van der Waals surface area contributed by atoms with E-state index in [1.54, 1.807) is 0 Å². The Labute approximate surface area is 64.6 Å². The predicted molar refractivity (Wildman–Crippen MR) is 37.7 cm³/mol. The highest BCUT2D eigenvalue weighted by Crippen LogP contribution is 2.14. The molecular weight excluding hydrogens is 154 g/mol. The number of rotatable bonds is 3. The van der Waals surface area contributed by atoms with E-state index in [0.29, 0.717) is 6.92 Å². The molecule has 0 fully saturated rings. The van der Waals surface area contributed by atoms with Gasteiger partial charge >= 0.3 is 5.92 Å². The third-order valence-corrected chi connectivity index (χ3v) is 0.899. The summed E-state index contributed by atoms with van der Waals surface area (Å²) in [7, 11) is 0. The third kappa shape index (κ3) is 5.63. The van der Waals surface area contributed by atoms with E-state index in [1.165, 1.54) is 0 Å². The molecule has 0 saturated carbocycles. The summed E-state index contributed by atoms with van der Waals surface area (Å²) in [6, 6.07) is 0. The number of hydrogen-bond donors (Lipinski definition) is 0. The van der Waals surface area contributed by atoms with Gasteiger partial charge in [0.25, 0.3) is 0 Å². The Hall–Kier alpha value is -0.800. The summed E-state index contributed by atoms with van der Waals surface area (Å²) in [4.78, 5) is 20.5. The Morgan fingerprint density at radius 3 is 1.82 bits per heavy atom. The minimum absolute atomic E-state index is 0. The predicted octanol–water partition coefficient (Wildman–Crippen LogP) is 1.83. The maximum Gasteiger partial charge on any atom is 0.302 e. The molecular formula is C7H12F2O2. The Balaban J connectivity index is 0. The molecule has 0 aromatic rings. The average Bonchev–Trinajstić information content (AvgIpc) is 1.60. The molecule has 0 saturated heterocycles. The van der Waals surface area contributed by atoms with Gasteiger partial charge in [-0.3, -0.25) is 9.59 Å². The lowest BCUT2D eigenvalue weighted by Gasteiger charge is -2.05. The van der Waals surface area contributed by atoms with Crippen LogP contribution in [0.3, 0.4) is 0 Å². The lowest BCUT2D eigenvalue weighted by molar-refractivity contribution is -0.143. The van der Waals surface area contributed by atoms with Gasteiger partial charge in [0.1, 0.15) is 5.78 Å². The molecule has 0 atom stereocenters. The number of ketones is 2. The molecule has 11 heavy (non-hydrogen) atoms. The summed E-state index contributed by atoms with van der Waals surface area (Å²) in [5, 5.41) is 0. The minimum Gasteiger partial charge on any atom is -0.300 e. The number of carbonyl (C=O) groups is 2. The van der Waals surface area contributed by atoms with E-state index in [0.717, 1.165) is 6.92 Å².